The van der Waals surface area contributed by atoms with Crippen LogP contribution in [0, 0.1) is 0 Å². The highest BCUT2D eigenvalue weighted by atomic mass is 16.7. The van der Waals surface area contributed by atoms with Crippen molar-refractivity contribution in [1.29, 1.82) is 0 Å². The molecule has 1 unspecified atom stereocenters. The van der Waals surface area contributed by atoms with Crippen LogP contribution in [0.4, 0.5) is 0 Å². The van der Waals surface area contributed by atoms with E-state index in [1.165, 1.54) is 27.4 Å². The van der Waals surface area contributed by atoms with Crippen molar-refractivity contribution in [2.45, 2.75) is 46.1 Å². The second kappa shape index (κ2) is 14.2. The molecule has 3 rings (SSSR count). The van der Waals surface area contributed by atoms with E-state index in [0.717, 1.165) is 11.1 Å². The van der Waals surface area contributed by atoms with E-state index in [-0.39, 0.29) is 67.3 Å². The van der Waals surface area contributed by atoms with E-state index in [9.17, 15) is 14.7 Å². The number of ether oxygens (including phenoxy) is 7. The first-order chi connectivity index (χ1) is 19.6. The summed E-state index contributed by atoms with van der Waals surface area (Å²) < 4.78 is 38.8. The molecule has 0 bridgehead atoms. The number of aromatic hydroxyl groups is 1. The first-order valence-electron chi connectivity index (χ1n) is 13.0. The van der Waals surface area contributed by atoms with E-state index in [1.807, 2.05) is 33.8 Å². The molecule has 10 heteroatoms. The fraction of sp³-hybridized carbons (Fsp3) is 0.419. The Morgan fingerprint density at radius 3 is 2.07 bits per heavy atom. The molecule has 1 aliphatic heterocycles. The van der Waals surface area contributed by atoms with Crippen molar-refractivity contribution < 1.29 is 47.9 Å². The van der Waals surface area contributed by atoms with Gasteiger partial charge < -0.3 is 38.3 Å². The Balaban J connectivity index is 2.28. The highest BCUT2D eigenvalue weighted by Crippen LogP contribution is 2.49. The number of carbonyl (C=O) groups excluding carboxylic acids is 2. The lowest BCUT2D eigenvalue weighted by Gasteiger charge is -2.37. The van der Waals surface area contributed by atoms with Gasteiger partial charge in [0.25, 0.3) is 5.78 Å². The molecule has 0 amide bonds. The van der Waals surface area contributed by atoms with Gasteiger partial charge in [-0.2, -0.15) is 0 Å². The Kier molecular flexibility index (Phi) is 10.9. The number of hydrogen-bond acceptors (Lipinski definition) is 10. The molecule has 0 fully saturated rings. The van der Waals surface area contributed by atoms with Gasteiger partial charge in [0, 0.05) is 51.0 Å². The predicted octanol–water partition coefficient (Wildman–Crippen LogP) is 5.25. The van der Waals surface area contributed by atoms with Gasteiger partial charge >= 0.3 is 0 Å². The smallest absolute Gasteiger partial charge is 0.252 e. The minimum Gasteiger partial charge on any atom is -0.507 e. The SMILES string of the molecule is COCOc1ccc(C2(CC=C(C)C)Oc3cc(OCOC)c(CC=C(C)C)c(O)c3C(=O)C2=O)c(OCOC)c1. The highest BCUT2D eigenvalue weighted by Gasteiger charge is 2.53. The summed E-state index contributed by atoms with van der Waals surface area (Å²) in [6.07, 6.45) is 3.96. The lowest BCUT2D eigenvalue weighted by atomic mass is 9.79. The van der Waals surface area contributed by atoms with E-state index < -0.39 is 17.2 Å². The number of ketones is 2. The molecule has 0 radical (unpaired) electrons. The van der Waals surface area contributed by atoms with Crippen LogP contribution < -0.4 is 18.9 Å². The van der Waals surface area contributed by atoms with Gasteiger partial charge in [0.05, 0.1) is 0 Å². The number of allylic oxidation sites excluding steroid dienone is 3. The van der Waals surface area contributed by atoms with Crippen molar-refractivity contribution in [2.24, 2.45) is 0 Å². The Morgan fingerprint density at radius 1 is 0.854 bits per heavy atom. The molecule has 2 aromatic carbocycles. The molecule has 0 aromatic heterocycles. The fourth-order valence-electron chi connectivity index (χ4n) is 4.31. The highest BCUT2D eigenvalue weighted by molar-refractivity contribution is 6.48. The average molecular weight is 571 g/mol. The normalized spacial score (nSPS) is 16.0. The van der Waals surface area contributed by atoms with Gasteiger partial charge in [-0.05, 0) is 46.2 Å². The van der Waals surface area contributed by atoms with Crippen molar-refractivity contribution in [3.8, 4) is 28.7 Å². The zero-order chi connectivity index (χ0) is 30.2. The quantitative estimate of drug-likeness (QED) is 0.183. The van der Waals surface area contributed by atoms with E-state index in [0.29, 0.717) is 11.3 Å². The van der Waals surface area contributed by atoms with Gasteiger partial charge in [0.2, 0.25) is 11.4 Å². The number of Topliss-reactive ketones (excluding diaryl/α,β-unsaturated/α-hetero) is 2. The van der Waals surface area contributed by atoms with Crippen LogP contribution in [0.1, 0.15) is 55.6 Å². The molecule has 222 valence electrons. The van der Waals surface area contributed by atoms with E-state index >= 15 is 0 Å². The standard InChI is InChI=1S/C31H38O10/c1-19(2)8-10-22-24(39-17-36-6)15-26-27(28(22)32)29(33)30(34)31(41-26,13-12-20(3)4)23-11-9-21(38-16-35-5)14-25(23)40-18-37-7/h8-9,11-12,14-15,32H,10,13,16-18H2,1-7H3. The molecule has 0 saturated heterocycles. The molecular weight excluding hydrogens is 532 g/mol. The largest absolute Gasteiger partial charge is 0.507 e. The van der Waals surface area contributed by atoms with Crippen molar-refractivity contribution >= 4 is 11.6 Å². The van der Waals surface area contributed by atoms with Crippen molar-refractivity contribution in [3.63, 3.8) is 0 Å². The molecule has 10 nitrogen and oxygen atoms in total. The maximum Gasteiger partial charge on any atom is 0.252 e. The summed E-state index contributed by atoms with van der Waals surface area (Å²) in [5.41, 5.74) is 0.490. The molecule has 0 spiro atoms. The van der Waals surface area contributed by atoms with Crippen molar-refractivity contribution in [1.82, 2.24) is 0 Å². The van der Waals surface area contributed by atoms with Gasteiger partial charge in [-0.25, -0.2) is 0 Å². The van der Waals surface area contributed by atoms with Crippen molar-refractivity contribution in [3.05, 3.63) is 64.3 Å². The van der Waals surface area contributed by atoms with E-state index in [1.54, 1.807) is 24.3 Å². The number of phenols is 1. The molecule has 1 heterocycles. The van der Waals surface area contributed by atoms with Crippen LogP contribution in [0.15, 0.2) is 47.6 Å². The third kappa shape index (κ3) is 7.08. The van der Waals surface area contributed by atoms with Crippen LogP contribution in [-0.4, -0.2) is 58.4 Å². The van der Waals surface area contributed by atoms with Crippen LogP contribution in [-0.2, 0) is 31.0 Å². The zero-order valence-corrected chi connectivity index (χ0v) is 24.6. The van der Waals surface area contributed by atoms with Crippen LogP contribution in [0.2, 0.25) is 0 Å². The second-order valence-corrected chi connectivity index (χ2v) is 9.94. The number of benzene rings is 2. The van der Waals surface area contributed by atoms with Crippen LogP contribution in [0.3, 0.4) is 0 Å². The topological polar surface area (TPSA) is 119 Å². The average Bonchev–Trinajstić information content (AvgIpc) is 2.94. The summed E-state index contributed by atoms with van der Waals surface area (Å²) in [6, 6.07) is 6.31. The molecule has 1 aliphatic rings. The lowest BCUT2D eigenvalue weighted by molar-refractivity contribution is -0.132. The number of methoxy groups -OCH3 is 3. The summed E-state index contributed by atoms with van der Waals surface area (Å²) >= 11 is 0. The Bertz CT molecular complexity index is 1320. The fourth-order valence-corrected chi connectivity index (χ4v) is 4.31. The second-order valence-electron chi connectivity index (χ2n) is 9.94. The maximum absolute atomic E-state index is 14.1. The van der Waals surface area contributed by atoms with E-state index in [4.69, 9.17) is 33.2 Å². The lowest BCUT2D eigenvalue weighted by Crippen LogP contribution is -2.49. The van der Waals surface area contributed by atoms with Crippen LogP contribution >= 0.6 is 0 Å². The zero-order valence-electron chi connectivity index (χ0n) is 24.6. The molecule has 41 heavy (non-hydrogen) atoms. The summed E-state index contributed by atoms with van der Waals surface area (Å²) in [6.45, 7) is 7.32. The number of carbonyl (C=O) groups is 2. The van der Waals surface area contributed by atoms with E-state index in [2.05, 4.69) is 0 Å². The number of rotatable bonds is 14. The molecule has 0 aliphatic carbocycles. The van der Waals surface area contributed by atoms with Gasteiger partial charge in [-0.15, -0.1) is 0 Å². The molecule has 1 N–H and O–H groups in total. The molecule has 1 atom stereocenters. The number of hydrogen-bond donors (Lipinski definition) is 1. The molecular formula is C31H38O10. The molecule has 0 saturated carbocycles. The van der Waals surface area contributed by atoms with Gasteiger partial charge in [-0.3, -0.25) is 9.59 Å². The third-order valence-electron chi connectivity index (χ3n) is 6.32. The monoisotopic (exact) mass is 570 g/mol. The number of fused-ring (bicyclic) bond motifs is 1. The summed E-state index contributed by atoms with van der Waals surface area (Å²) in [7, 11) is 4.43. The number of phenolic OH excluding ortho intramolecular Hbond substituents is 1. The predicted molar refractivity (Wildman–Crippen MR) is 151 cm³/mol. The van der Waals surface area contributed by atoms with Gasteiger partial charge in [0.15, 0.2) is 20.4 Å². The van der Waals surface area contributed by atoms with Gasteiger partial charge in [0.1, 0.15) is 34.3 Å². The minimum absolute atomic E-state index is 0.00119. The van der Waals surface area contributed by atoms with Gasteiger partial charge in [-0.1, -0.05) is 23.3 Å². The summed E-state index contributed by atoms with van der Waals surface area (Å²) in [5.74, 6) is -1.24. The Hall–Kier alpha value is -3.86. The molecule has 2 aromatic rings. The summed E-state index contributed by atoms with van der Waals surface area (Å²) in [4.78, 5) is 27.9. The Morgan fingerprint density at radius 2 is 1.46 bits per heavy atom. The third-order valence-corrected chi connectivity index (χ3v) is 6.32. The van der Waals surface area contributed by atoms with Crippen LogP contribution in [0.25, 0.3) is 0 Å². The first-order valence-corrected chi connectivity index (χ1v) is 13.0. The van der Waals surface area contributed by atoms with Crippen molar-refractivity contribution in [2.75, 3.05) is 41.7 Å². The first kappa shape index (κ1) is 31.7. The Labute approximate surface area is 240 Å². The minimum atomic E-state index is -1.82. The van der Waals surface area contributed by atoms with Crippen LogP contribution in [0.5, 0.6) is 28.7 Å². The maximum atomic E-state index is 14.1. The summed E-state index contributed by atoms with van der Waals surface area (Å²) in [5, 5.41) is 11.3.